The van der Waals surface area contributed by atoms with Gasteiger partial charge in [-0.2, -0.15) is 13.2 Å². The van der Waals surface area contributed by atoms with Crippen LogP contribution in [0.25, 0.3) is 11.0 Å². The van der Waals surface area contributed by atoms with E-state index in [1.54, 1.807) is 19.9 Å². The van der Waals surface area contributed by atoms with E-state index in [1.165, 1.54) is 11.0 Å². The zero-order valence-corrected chi connectivity index (χ0v) is 14.4. The van der Waals surface area contributed by atoms with Gasteiger partial charge >= 0.3 is 6.18 Å². The largest absolute Gasteiger partial charge is 0.449 e. The molecule has 3 heterocycles. The maximum Gasteiger partial charge on any atom is 0.449 e. The quantitative estimate of drug-likeness (QED) is 0.658. The zero-order valence-electron chi connectivity index (χ0n) is 14.4. The van der Waals surface area contributed by atoms with Gasteiger partial charge in [0.05, 0.1) is 24.0 Å². The second-order valence-corrected chi connectivity index (χ2v) is 6.64. The Bertz CT molecular complexity index is 1010. The number of carbonyl (C=O) groups is 1. The highest BCUT2D eigenvalue weighted by Crippen LogP contribution is 2.32. The van der Waals surface area contributed by atoms with Gasteiger partial charge in [0.2, 0.25) is 5.82 Å². The SMILES string of the molecule is Cc1ccc(F)c2[nH]c(C(=O)N3Cc4cnc(C(F)(F)F)n4C[C@H]3C)nc12. The molecule has 1 atom stereocenters. The van der Waals surface area contributed by atoms with Crippen LogP contribution in [0.5, 0.6) is 0 Å². The highest BCUT2D eigenvalue weighted by atomic mass is 19.4. The number of benzene rings is 1. The van der Waals surface area contributed by atoms with Crippen molar-refractivity contribution < 1.29 is 22.4 Å². The molecule has 2 aromatic heterocycles. The average Bonchev–Trinajstić information content (AvgIpc) is 3.21. The number of rotatable bonds is 1. The minimum atomic E-state index is -4.56. The Morgan fingerprint density at radius 2 is 2.07 bits per heavy atom. The molecule has 0 spiro atoms. The standard InChI is InChI=1S/C17H15F4N5O/c1-8-3-4-11(18)13-12(8)23-14(24-13)15(27)25-7-10-5-22-16(17(19,20)21)26(10)6-9(25)2/h3-5,9H,6-7H2,1-2H3,(H,23,24)/t9-/m1/s1. The second kappa shape index (κ2) is 5.80. The third-order valence-electron chi connectivity index (χ3n) is 4.76. The number of hydrogen-bond donors (Lipinski definition) is 1. The van der Waals surface area contributed by atoms with E-state index in [9.17, 15) is 22.4 Å². The van der Waals surface area contributed by atoms with Crippen molar-refractivity contribution in [3.63, 3.8) is 0 Å². The first-order valence-electron chi connectivity index (χ1n) is 8.24. The van der Waals surface area contributed by atoms with E-state index in [0.29, 0.717) is 11.1 Å². The summed E-state index contributed by atoms with van der Waals surface area (Å²) in [6.45, 7) is 3.32. The minimum Gasteiger partial charge on any atom is -0.331 e. The van der Waals surface area contributed by atoms with E-state index in [2.05, 4.69) is 15.0 Å². The van der Waals surface area contributed by atoms with Crippen LogP contribution in [-0.4, -0.2) is 36.4 Å². The summed E-state index contributed by atoms with van der Waals surface area (Å²) in [5.74, 6) is -2.05. The third kappa shape index (κ3) is 2.75. The number of imidazole rings is 2. The number of carbonyl (C=O) groups excluding carboxylic acids is 1. The Morgan fingerprint density at radius 3 is 2.74 bits per heavy atom. The fraction of sp³-hybridized carbons (Fsp3) is 0.353. The lowest BCUT2D eigenvalue weighted by Gasteiger charge is -2.34. The van der Waals surface area contributed by atoms with Crippen molar-refractivity contribution in [3.8, 4) is 0 Å². The minimum absolute atomic E-state index is 0.0382. The van der Waals surface area contributed by atoms with Crippen LogP contribution < -0.4 is 0 Å². The van der Waals surface area contributed by atoms with Gasteiger partial charge in [-0.3, -0.25) is 4.79 Å². The number of fused-ring (bicyclic) bond motifs is 2. The van der Waals surface area contributed by atoms with Crippen molar-refractivity contribution in [2.75, 3.05) is 0 Å². The number of hydrogen-bond acceptors (Lipinski definition) is 3. The van der Waals surface area contributed by atoms with Gasteiger partial charge in [0, 0.05) is 12.6 Å². The summed E-state index contributed by atoms with van der Waals surface area (Å²) in [6.07, 6.45) is -3.44. The first kappa shape index (κ1) is 17.5. The molecule has 1 aromatic carbocycles. The van der Waals surface area contributed by atoms with E-state index in [0.717, 1.165) is 10.8 Å². The van der Waals surface area contributed by atoms with E-state index < -0.39 is 29.8 Å². The van der Waals surface area contributed by atoms with Crippen LogP contribution in [0.1, 0.15) is 34.6 Å². The molecule has 1 amide bonds. The Morgan fingerprint density at radius 1 is 1.33 bits per heavy atom. The number of alkyl halides is 3. The van der Waals surface area contributed by atoms with Crippen molar-refractivity contribution >= 4 is 16.9 Å². The van der Waals surface area contributed by atoms with Gasteiger partial charge in [0.1, 0.15) is 11.3 Å². The molecule has 6 nitrogen and oxygen atoms in total. The van der Waals surface area contributed by atoms with Crippen LogP contribution in [0.4, 0.5) is 17.6 Å². The van der Waals surface area contributed by atoms with Crippen LogP contribution in [-0.2, 0) is 19.3 Å². The molecule has 1 aliphatic rings. The molecule has 1 aliphatic heterocycles. The first-order valence-corrected chi connectivity index (χ1v) is 8.24. The van der Waals surface area contributed by atoms with Crippen LogP contribution in [0.2, 0.25) is 0 Å². The summed E-state index contributed by atoms with van der Waals surface area (Å²) < 4.78 is 54.1. The topological polar surface area (TPSA) is 66.8 Å². The molecule has 0 bridgehead atoms. The number of amides is 1. The fourth-order valence-electron chi connectivity index (χ4n) is 3.36. The lowest BCUT2D eigenvalue weighted by Crippen LogP contribution is -2.45. The Hall–Kier alpha value is -2.91. The van der Waals surface area contributed by atoms with Crippen molar-refractivity contribution in [1.29, 1.82) is 0 Å². The summed E-state index contributed by atoms with van der Waals surface area (Å²) in [6, 6.07) is 2.33. The highest BCUT2D eigenvalue weighted by molar-refractivity contribution is 5.95. The molecule has 27 heavy (non-hydrogen) atoms. The van der Waals surface area contributed by atoms with E-state index in [-0.39, 0.29) is 30.1 Å². The van der Waals surface area contributed by atoms with Crippen molar-refractivity contribution in [2.24, 2.45) is 0 Å². The summed E-state index contributed by atoms with van der Waals surface area (Å²) >= 11 is 0. The predicted octanol–water partition coefficient (Wildman–Crippen LogP) is 3.27. The molecule has 0 saturated heterocycles. The number of aromatic amines is 1. The molecule has 0 aliphatic carbocycles. The molecular weight excluding hydrogens is 366 g/mol. The number of H-pyrrole nitrogens is 1. The van der Waals surface area contributed by atoms with Gasteiger partial charge in [-0.25, -0.2) is 14.4 Å². The summed E-state index contributed by atoms with van der Waals surface area (Å²) in [4.78, 5) is 24.6. The Balaban J connectivity index is 1.68. The molecule has 10 heteroatoms. The first-order chi connectivity index (χ1) is 12.7. The molecule has 1 N–H and O–H groups in total. The van der Waals surface area contributed by atoms with Crippen LogP contribution >= 0.6 is 0 Å². The fourth-order valence-corrected chi connectivity index (χ4v) is 3.36. The maximum absolute atomic E-state index is 14.0. The smallest absolute Gasteiger partial charge is 0.331 e. The molecule has 0 unspecified atom stereocenters. The van der Waals surface area contributed by atoms with Gasteiger partial charge in [-0.1, -0.05) is 6.07 Å². The maximum atomic E-state index is 14.0. The summed E-state index contributed by atoms with van der Waals surface area (Å²) in [5, 5.41) is 0. The molecular formula is C17H15F4N5O. The summed E-state index contributed by atoms with van der Waals surface area (Å²) in [5.41, 5.74) is 1.48. The van der Waals surface area contributed by atoms with Crippen LogP contribution in [0.15, 0.2) is 18.3 Å². The Kier molecular flexibility index (Phi) is 3.76. The van der Waals surface area contributed by atoms with Gasteiger partial charge in [0.15, 0.2) is 5.82 Å². The molecule has 3 aromatic rings. The van der Waals surface area contributed by atoms with E-state index >= 15 is 0 Å². The van der Waals surface area contributed by atoms with Gasteiger partial charge < -0.3 is 14.5 Å². The molecule has 0 fully saturated rings. The number of aromatic nitrogens is 4. The van der Waals surface area contributed by atoms with E-state index in [1.807, 2.05) is 0 Å². The monoisotopic (exact) mass is 381 g/mol. The second-order valence-electron chi connectivity index (χ2n) is 6.64. The van der Waals surface area contributed by atoms with Crippen LogP contribution in [0, 0.1) is 12.7 Å². The van der Waals surface area contributed by atoms with Crippen molar-refractivity contribution in [2.45, 2.75) is 39.2 Å². The predicted molar refractivity (Wildman–Crippen MR) is 87.4 cm³/mol. The average molecular weight is 381 g/mol. The number of halogens is 4. The van der Waals surface area contributed by atoms with Crippen LogP contribution in [0.3, 0.4) is 0 Å². The van der Waals surface area contributed by atoms with Crippen molar-refractivity contribution in [3.05, 3.63) is 47.1 Å². The van der Waals surface area contributed by atoms with Gasteiger partial charge in [-0.15, -0.1) is 0 Å². The number of nitrogens with one attached hydrogen (secondary N) is 1. The molecule has 142 valence electrons. The lowest BCUT2D eigenvalue weighted by atomic mass is 10.2. The third-order valence-corrected chi connectivity index (χ3v) is 4.76. The highest BCUT2D eigenvalue weighted by Gasteiger charge is 2.40. The number of nitrogens with zero attached hydrogens (tertiary/aromatic N) is 4. The lowest BCUT2D eigenvalue weighted by molar-refractivity contribution is -0.148. The Labute approximate surface area is 150 Å². The van der Waals surface area contributed by atoms with E-state index in [4.69, 9.17) is 0 Å². The van der Waals surface area contributed by atoms with Gasteiger partial charge in [0.25, 0.3) is 5.91 Å². The normalized spacial score (nSPS) is 17.4. The van der Waals surface area contributed by atoms with Gasteiger partial charge in [-0.05, 0) is 25.5 Å². The summed E-state index contributed by atoms with van der Waals surface area (Å²) in [7, 11) is 0. The molecule has 0 radical (unpaired) electrons. The van der Waals surface area contributed by atoms with Crippen molar-refractivity contribution in [1.82, 2.24) is 24.4 Å². The molecule has 4 rings (SSSR count). The molecule has 0 saturated carbocycles. The number of aryl methyl sites for hydroxylation is 1. The zero-order chi connectivity index (χ0) is 19.5.